The monoisotopic (exact) mass is 411 g/mol. The molecule has 0 atom stereocenters. The lowest BCUT2D eigenvalue weighted by Crippen LogP contribution is -2.56. The number of carbonyl (C=O) groups excluding carboxylic acids is 1. The number of piperidine rings is 1. The highest BCUT2D eigenvalue weighted by atomic mass is 16.2. The molecule has 0 bridgehead atoms. The topological polar surface area (TPSA) is 35.6 Å². The van der Waals surface area contributed by atoms with E-state index in [2.05, 4.69) is 82.7 Å². The molecule has 31 heavy (non-hydrogen) atoms. The van der Waals surface area contributed by atoms with Crippen LogP contribution in [0.5, 0.6) is 0 Å². The third-order valence-corrected chi connectivity index (χ3v) is 6.83. The van der Waals surface area contributed by atoms with Crippen LogP contribution >= 0.6 is 0 Å². The summed E-state index contributed by atoms with van der Waals surface area (Å²) in [5.41, 5.74) is 5.90. The van der Waals surface area contributed by atoms with Gasteiger partial charge in [-0.1, -0.05) is 72.3 Å². The molecular weight excluding hydrogens is 382 g/mol. The van der Waals surface area contributed by atoms with E-state index in [4.69, 9.17) is 0 Å². The molecule has 1 N–H and O–H groups in total. The molecule has 0 saturated carbocycles. The molecule has 3 aromatic rings. The molecule has 3 aromatic carbocycles. The lowest BCUT2D eigenvalue weighted by atomic mass is 9.85. The summed E-state index contributed by atoms with van der Waals surface area (Å²) in [5.74, 6) is 0.177. The summed E-state index contributed by atoms with van der Waals surface area (Å²) in [5, 5.41) is 3.10. The average molecular weight is 412 g/mol. The number of benzene rings is 3. The molecule has 1 spiro atoms. The molecule has 4 heteroatoms. The quantitative estimate of drug-likeness (QED) is 0.682. The van der Waals surface area contributed by atoms with Crippen LogP contribution in [0.1, 0.15) is 24.0 Å². The zero-order chi connectivity index (χ0) is 21.3. The molecule has 2 aliphatic rings. The van der Waals surface area contributed by atoms with Crippen molar-refractivity contribution in [1.29, 1.82) is 0 Å². The van der Waals surface area contributed by atoms with E-state index in [0.717, 1.165) is 38.2 Å². The van der Waals surface area contributed by atoms with Gasteiger partial charge in [-0.3, -0.25) is 9.69 Å². The van der Waals surface area contributed by atoms with Crippen LogP contribution in [-0.4, -0.2) is 36.1 Å². The highest BCUT2D eigenvalue weighted by molar-refractivity contribution is 5.93. The molecule has 4 nitrogen and oxygen atoms in total. The highest BCUT2D eigenvalue weighted by Gasteiger charge is 2.50. The van der Waals surface area contributed by atoms with Gasteiger partial charge in [-0.25, -0.2) is 0 Å². The average Bonchev–Trinajstić information content (AvgIpc) is 3.12. The van der Waals surface area contributed by atoms with Crippen LogP contribution in [0.15, 0.2) is 78.9 Å². The molecule has 1 amide bonds. The van der Waals surface area contributed by atoms with E-state index in [-0.39, 0.29) is 5.91 Å². The SMILES string of the molecule is Cc1cccc(-c2ccccc2CN2CCC3(CC2)C(=O)NCN3c2ccccc2)c1. The van der Waals surface area contributed by atoms with Crippen LogP contribution in [0.25, 0.3) is 11.1 Å². The fourth-order valence-electron chi connectivity index (χ4n) is 5.11. The van der Waals surface area contributed by atoms with Crippen LogP contribution in [0.4, 0.5) is 5.69 Å². The number of nitrogens with one attached hydrogen (secondary N) is 1. The normalized spacial score (nSPS) is 18.4. The molecule has 2 aliphatic heterocycles. The number of anilines is 1. The lowest BCUT2D eigenvalue weighted by Gasteiger charge is -2.43. The zero-order valence-electron chi connectivity index (χ0n) is 18.1. The van der Waals surface area contributed by atoms with E-state index in [0.29, 0.717) is 6.67 Å². The third kappa shape index (κ3) is 3.72. The van der Waals surface area contributed by atoms with Gasteiger partial charge in [0.25, 0.3) is 0 Å². The van der Waals surface area contributed by atoms with Gasteiger partial charge in [-0.15, -0.1) is 0 Å². The molecule has 0 unspecified atom stereocenters. The van der Waals surface area contributed by atoms with E-state index in [1.54, 1.807) is 0 Å². The van der Waals surface area contributed by atoms with Crippen molar-refractivity contribution < 1.29 is 4.79 Å². The standard InChI is InChI=1S/C27H29N3O/c1-21-8-7-10-22(18-21)25-13-6-5-9-23(25)19-29-16-14-27(15-17-29)26(31)28-20-30(27)24-11-3-2-4-12-24/h2-13,18H,14-17,19-20H2,1H3,(H,28,31). The van der Waals surface area contributed by atoms with Crippen molar-refractivity contribution in [3.63, 3.8) is 0 Å². The fraction of sp³-hybridized carbons (Fsp3) is 0.296. The van der Waals surface area contributed by atoms with E-state index < -0.39 is 5.54 Å². The summed E-state index contributed by atoms with van der Waals surface area (Å²) in [6.45, 7) is 5.48. The molecule has 0 aliphatic carbocycles. The first-order valence-electron chi connectivity index (χ1n) is 11.1. The minimum atomic E-state index is -0.423. The summed E-state index contributed by atoms with van der Waals surface area (Å²) in [4.78, 5) is 17.7. The Balaban J connectivity index is 1.33. The number of rotatable bonds is 4. The Morgan fingerprint density at radius 1 is 0.903 bits per heavy atom. The maximum absolute atomic E-state index is 12.9. The Kier molecular flexibility index (Phi) is 5.24. The van der Waals surface area contributed by atoms with Crippen molar-refractivity contribution in [2.75, 3.05) is 24.7 Å². The predicted octanol–water partition coefficient (Wildman–Crippen LogP) is 4.59. The van der Waals surface area contributed by atoms with Gasteiger partial charge in [-0.2, -0.15) is 0 Å². The van der Waals surface area contributed by atoms with E-state index >= 15 is 0 Å². The van der Waals surface area contributed by atoms with Gasteiger partial charge in [0.05, 0.1) is 6.67 Å². The summed E-state index contributed by atoms with van der Waals surface area (Å²) in [6, 6.07) is 27.7. The maximum atomic E-state index is 12.9. The fourth-order valence-corrected chi connectivity index (χ4v) is 5.11. The number of nitrogens with zero attached hydrogens (tertiary/aromatic N) is 2. The van der Waals surface area contributed by atoms with Crippen molar-refractivity contribution >= 4 is 11.6 Å². The Hall–Kier alpha value is -3.11. The smallest absolute Gasteiger partial charge is 0.247 e. The largest absolute Gasteiger partial charge is 0.339 e. The lowest BCUT2D eigenvalue weighted by molar-refractivity contribution is -0.125. The Labute approximate surface area is 184 Å². The van der Waals surface area contributed by atoms with Crippen LogP contribution in [0, 0.1) is 6.92 Å². The Bertz CT molecular complexity index is 1070. The second-order valence-corrected chi connectivity index (χ2v) is 8.76. The summed E-state index contributed by atoms with van der Waals surface area (Å²) >= 11 is 0. The molecule has 5 rings (SSSR count). The van der Waals surface area contributed by atoms with Gasteiger partial charge >= 0.3 is 0 Å². The summed E-state index contributed by atoms with van der Waals surface area (Å²) in [6.07, 6.45) is 1.70. The minimum absolute atomic E-state index is 0.177. The minimum Gasteiger partial charge on any atom is -0.339 e. The Morgan fingerprint density at radius 2 is 1.65 bits per heavy atom. The van der Waals surface area contributed by atoms with Crippen molar-refractivity contribution in [1.82, 2.24) is 10.2 Å². The van der Waals surface area contributed by atoms with Crippen molar-refractivity contribution in [2.24, 2.45) is 0 Å². The zero-order valence-corrected chi connectivity index (χ0v) is 18.1. The molecule has 2 heterocycles. The predicted molar refractivity (Wildman–Crippen MR) is 126 cm³/mol. The number of hydrogen-bond acceptors (Lipinski definition) is 3. The number of amides is 1. The maximum Gasteiger partial charge on any atom is 0.247 e. The van der Waals surface area contributed by atoms with Gasteiger partial charge in [0, 0.05) is 25.3 Å². The first-order chi connectivity index (χ1) is 15.2. The number of carbonyl (C=O) groups is 1. The van der Waals surface area contributed by atoms with Gasteiger partial charge in [0.1, 0.15) is 5.54 Å². The van der Waals surface area contributed by atoms with E-state index in [1.807, 2.05) is 18.2 Å². The third-order valence-electron chi connectivity index (χ3n) is 6.83. The van der Waals surface area contributed by atoms with E-state index in [9.17, 15) is 4.79 Å². The van der Waals surface area contributed by atoms with Crippen molar-refractivity contribution in [3.05, 3.63) is 90.0 Å². The van der Waals surface area contributed by atoms with Crippen LogP contribution in [0.3, 0.4) is 0 Å². The summed E-state index contributed by atoms with van der Waals surface area (Å²) in [7, 11) is 0. The van der Waals surface area contributed by atoms with Crippen molar-refractivity contribution in [2.45, 2.75) is 31.8 Å². The van der Waals surface area contributed by atoms with Crippen LogP contribution in [0.2, 0.25) is 0 Å². The van der Waals surface area contributed by atoms with Crippen LogP contribution < -0.4 is 10.2 Å². The van der Waals surface area contributed by atoms with Gasteiger partial charge in [0.2, 0.25) is 5.91 Å². The summed E-state index contributed by atoms with van der Waals surface area (Å²) < 4.78 is 0. The molecule has 0 aromatic heterocycles. The number of hydrogen-bond donors (Lipinski definition) is 1. The highest BCUT2D eigenvalue weighted by Crippen LogP contribution is 2.37. The Morgan fingerprint density at radius 3 is 2.42 bits per heavy atom. The second-order valence-electron chi connectivity index (χ2n) is 8.76. The molecule has 158 valence electrons. The second kappa shape index (κ2) is 8.20. The molecule has 2 saturated heterocycles. The molecule has 0 radical (unpaired) electrons. The number of likely N-dealkylation sites (tertiary alicyclic amines) is 1. The van der Waals surface area contributed by atoms with Crippen LogP contribution in [-0.2, 0) is 11.3 Å². The molecule has 2 fully saturated rings. The van der Waals surface area contributed by atoms with Gasteiger partial charge in [0.15, 0.2) is 0 Å². The van der Waals surface area contributed by atoms with Gasteiger partial charge in [-0.05, 0) is 48.6 Å². The van der Waals surface area contributed by atoms with E-state index in [1.165, 1.54) is 22.3 Å². The number of aryl methyl sites for hydroxylation is 1. The molecular formula is C27H29N3O. The first kappa shape index (κ1) is 19.8. The first-order valence-corrected chi connectivity index (χ1v) is 11.1. The number of para-hydroxylation sites is 1. The van der Waals surface area contributed by atoms with Gasteiger partial charge < -0.3 is 10.2 Å². The van der Waals surface area contributed by atoms with Crippen molar-refractivity contribution in [3.8, 4) is 11.1 Å².